The zero-order chi connectivity index (χ0) is 11.0. The number of hydrogen-bond acceptors (Lipinski definition) is 2. The largest absolute Gasteiger partial charge is 0.482 e. The molecule has 1 heterocycles. The molecule has 16 heavy (non-hydrogen) atoms. The summed E-state index contributed by atoms with van der Waals surface area (Å²) in [6.45, 7) is 0. The molecule has 0 unspecified atom stereocenters. The molecule has 0 bridgehead atoms. The minimum absolute atomic E-state index is 0.279. The minimum Gasteiger partial charge on any atom is -0.482 e. The minimum atomic E-state index is -0.571. The predicted molar refractivity (Wildman–Crippen MR) is 61.2 cm³/mol. The smallest absolute Gasteiger partial charge is 0.154 e. The predicted octanol–water partition coefficient (Wildman–Crippen LogP) is 2.85. The van der Waals surface area contributed by atoms with Gasteiger partial charge in [-0.2, -0.15) is 0 Å². The number of fused-ring (bicyclic) bond motifs is 1. The average Bonchev–Trinajstić information content (AvgIpc) is 2.69. The van der Waals surface area contributed by atoms with E-state index in [1.165, 1.54) is 0 Å². The van der Waals surface area contributed by atoms with Crippen molar-refractivity contribution in [3.8, 4) is 5.75 Å². The Morgan fingerprint density at radius 1 is 0.875 bits per heavy atom. The van der Waals surface area contributed by atoms with E-state index in [0.717, 1.165) is 16.9 Å². The van der Waals surface area contributed by atoms with Crippen LogP contribution >= 0.6 is 0 Å². The lowest BCUT2D eigenvalue weighted by Gasteiger charge is -2.14. The van der Waals surface area contributed by atoms with Crippen LogP contribution < -0.4 is 4.74 Å². The van der Waals surface area contributed by atoms with Gasteiger partial charge in [-0.15, -0.1) is 0 Å². The Labute approximate surface area is 94.1 Å². The molecule has 3 rings (SSSR count). The van der Waals surface area contributed by atoms with Gasteiger partial charge < -0.3 is 9.84 Å². The molecule has 80 valence electrons. The first-order chi connectivity index (χ1) is 7.86. The van der Waals surface area contributed by atoms with Crippen LogP contribution in [0.2, 0.25) is 0 Å². The molecule has 0 radical (unpaired) electrons. The number of aliphatic hydroxyl groups excluding tert-OH is 1. The molecule has 2 atom stereocenters. The standard InChI is InChI=1S/C14H12O2/c15-13-11-8-4-5-9-12(11)16-14(13)10-6-2-1-3-7-10/h1-9,13-15H/t13-,14+/m0/s1. The molecule has 2 heteroatoms. The van der Waals surface area contributed by atoms with E-state index in [0.29, 0.717) is 0 Å². The SMILES string of the molecule is O[C@H]1c2ccccc2O[C@@H]1c1ccccc1. The molecule has 0 saturated carbocycles. The van der Waals surface area contributed by atoms with Gasteiger partial charge in [-0.1, -0.05) is 48.5 Å². The van der Waals surface area contributed by atoms with Gasteiger partial charge in [0.2, 0.25) is 0 Å². The molecule has 2 aromatic carbocycles. The summed E-state index contributed by atoms with van der Waals surface area (Å²) in [5, 5.41) is 10.2. The summed E-state index contributed by atoms with van der Waals surface area (Å²) in [7, 11) is 0. The van der Waals surface area contributed by atoms with E-state index < -0.39 is 6.10 Å². The second-order valence-electron chi connectivity index (χ2n) is 3.93. The van der Waals surface area contributed by atoms with Gasteiger partial charge in [0.15, 0.2) is 6.10 Å². The number of benzene rings is 2. The van der Waals surface area contributed by atoms with Crippen molar-refractivity contribution in [2.45, 2.75) is 12.2 Å². The molecule has 0 fully saturated rings. The van der Waals surface area contributed by atoms with Crippen LogP contribution in [-0.4, -0.2) is 5.11 Å². The summed E-state index contributed by atoms with van der Waals surface area (Å²) >= 11 is 0. The number of para-hydroxylation sites is 1. The van der Waals surface area contributed by atoms with Gasteiger partial charge in [0.25, 0.3) is 0 Å². The van der Waals surface area contributed by atoms with Crippen molar-refractivity contribution in [3.63, 3.8) is 0 Å². The summed E-state index contributed by atoms with van der Waals surface area (Å²) in [5.74, 6) is 0.781. The topological polar surface area (TPSA) is 29.5 Å². The van der Waals surface area contributed by atoms with Crippen molar-refractivity contribution < 1.29 is 9.84 Å². The summed E-state index contributed by atoms with van der Waals surface area (Å²) in [5.41, 5.74) is 1.88. The molecule has 2 nitrogen and oxygen atoms in total. The third-order valence-corrected chi connectivity index (χ3v) is 2.91. The Hall–Kier alpha value is -1.80. The van der Waals surface area contributed by atoms with E-state index in [1.54, 1.807) is 0 Å². The van der Waals surface area contributed by atoms with Crippen molar-refractivity contribution in [2.75, 3.05) is 0 Å². The third-order valence-electron chi connectivity index (χ3n) is 2.91. The number of hydrogen-bond donors (Lipinski definition) is 1. The maximum absolute atomic E-state index is 10.2. The van der Waals surface area contributed by atoms with E-state index in [1.807, 2.05) is 54.6 Å². The Bertz CT molecular complexity index is 493. The highest BCUT2D eigenvalue weighted by Gasteiger charge is 2.33. The summed E-state index contributed by atoms with van der Waals surface area (Å²) < 4.78 is 5.76. The fourth-order valence-corrected chi connectivity index (χ4v) is 2.09. The van der Waals surface area contributed by atoms with Crippen molar-refractivity contribution in [1.82, 2.24) is 0 Å². The van der Waals surface area contributed by atoms with Gasteiger partial charge in [0.1, 0.15) is 11.9 Å². The first kappa shape index (κ1) is 9.43. The Balaban J connectivity index is 1.99. The Morgan fingerprint density at radius 2 is 1.56 bits per heavy atom. The third kappa shape index (κ3) is 1.39. The number of rotatable bonds is 1. The second kappa shape index (κ2) is 3.65. The van der Waals surface area contributed by atoms with E-state index in [4.69, 9.17) is 4.74 Å². The second-order valence-corrected chi connectivity index (χ2v) is 3.93. The van der Waals surface area contributed by atoms with E-state index in [9.17, 15) is 5.11 Å². The highest BCUT2D eigenvalue weighted by molar-refractivity contribution is 5.41. The first-order valence-electron chi connectivity index (χ1n) is 5.35. The zero-order valence-corrected chi connectivity index (χ0v) is 8.71. The van der Waals surface area contributed by atoms with Gasteiger partial charge in [0.05, 0.1) is 0 Å². The van der Waals surface area contributed by atoms with Crippen LogP contribution in [0.5, 0.6) is 5.75 Å². The van der Waals surface area contributed by atoms with Crippen LogP contribution in [-0.2, 0) is 0 Å². The molecule has 0 aliphatic carbocycles. The van der Waals surface area contributed by atoms with E-state index >= 15 is 0 Å². The van der Waals surface area contributed by atoms with Gasteiger partial charge in [-0.3, -0.25) is 0 Å². The molecule has 2 aromatic rings. The van der Waals surface area contributed by atoms with Crippen molar-refractivity contribution >= 4 is 0 Å². The molecular formula is C14H12O2. The normalized spacial score (nSPS) is 22.6. The van der Waals surface area contributed by atoms with Crippen molar-refractivity contribution in [2.24, 2.45) is 0 Å². The molecule has 1 aliphatic heterocycles. The molecule has 1 N–H and O–H groups in total. The molecular weight excluding hydrogens is 200 g/mol. The van der Waals surface area contributed by atoms with E-state index in [-0.39, 0.29) is 6.10 Å². The molecule has 1 aliphatic rings. The van der Waals surface area contributed by atoms with Crippen LogP contribution in [0.3, 0.4) is 0 Å². The van der Waals surface area contributed by atoms with Gasteiger partial charge in [-0.25, -0.2) is 0 Å². The number of ether oxygens (including phenoxy) is 1. The van der Waals surface area contributed by atoms with Crippen LogP contribution in [0.4, 0.5) is 0 Å². The fourth-order valence-electron chi connectivity index (χ4n) is 2.09. The summed E-state index contributed by atoms with van der Waals surface area (Å²) in [4.78, 5) is 0. The van der Waals surface area contributed by atoms with E-state index in [2.05, 4.69) is 0 Å². The van der Waals surface area contributed by atoms with Crippen LogP contribution in [0.1, 0.15) is 23.3 Å². The number of aliphatic hydroxyl groups is 1. The quantitative estimate of drug-likeness (QED) is 0.787. The van der Waals surface area contributed by atoms with Crippen LogP contribution in [0, 0.1) is 0 Å². The average molecular weight is 212 g/mol. The Morgan fingerprint density at radius 3 is 2.31 bits per heavy atom. The fraction of sp³-hybridized carbons (Fsp3) is 0.143. The van der Waals surface area contributed by atoms with Crippen molar-refractivity contribution in [3.05, 3.63) is 65.7 Å². The maximum Gasteiger partial charge on any atom is 0.154 e. The Kier molecular flexibility index (Phi) is 2.15. The highest BCUT2D eigenvalue weighted by atomic mass is 16.5. The lowest BCUT2D eigenvalue weighted by atomic mass is 10.0. The first-order valence-corrected chi connectivity index (χ1v) is 5.35. The van der Waals surface area contributed by atoms with Crippen LogP contribution in [0.15, 0.2) is 54.6 Å². The molecule has 0 aromatic heterocycles. The lowest BCUT2D eigenvalue weighted by Crippen LogP contribution is -2.08. The molecule has 0 amide bonds. The van der Waals surface area contributed by atoms with Crippen molar-refractivity contribution in [1.29, 1.82) is 0 Å². The highest BCUT2D eigenvalue weighted by Crippen LogP contribution is 2.43. The monoisotopic (exact) mass is 212 g/mol. The zero-order valence-electron chi connectivity index (χ0n) is 8.71. The summed E-state index contributed by atoms with van der Waals surface area (Å²) in [6, 6.07) is 17.4. The maximum atomic E-state index is 10.2. The molecule has 0 spiro atoms. The van der Waals surface area contributed by atoms with Gasteiger partial charge >= 0.3 is 0 Å². The lowest BCUT2D eigenvalue weighted by molar-refractivity contribution is 0.0674. The molecule has 0 saturated heterocycles. The van der Waals surface area contributed by atoms with Gasteiger partial charge in [-0.05, 0) is 11.6 Å². The summed E-state index contributed by atoms with van der Waals surface area (Å²) in [6.07, 6.45) is -0.850. The van der Waals surface area contributed by atoms with Gasteiger partial charge in [0, 0.05) is 5.56 Å². The van der Waals surface area contributed by atoms with Crippen LogP contribution in [0.25, 0.3) is 0 Å².